The highest BCUT2D eigenvalue weighted by Gasteiger charge is 2.69. The van der Waals surface area contributed by atoms with Gasteiger partial charge >= 0.3 is 23.9 Å². The van der Waals surface area contributed by atoms with Gasteiger partial charge in [0, 0.05) is 30.5 Å². The number of rotatable bonds is 8. The fraction of sp³-hybridized carbons (Fsp3) is 0.586. The molecule has 3 N–H and O–H groups in total. The van der Waals surface area contributed by atoms with E-state index in [1.165, 1.54) is 6.92 Å². The second-order valence-corrected chi connectivity index (χ2v) is 11.2. The molecule has 0 saturated carbocycles. The van der Waals surface area contributed by atoms with E-state index >= 15 is 0 Å². The molecule has 12 heteroatoms. The number of nitrogens with zero attached hydrogens (tertiary/aromatic N) is 1. The Balaban J connectivity index is 1.71. The van der Waals surface area contributed by atoms with Crippen molar-refractivity contribution in [1.29, 1.82) is 0 Å². The average Bonchev–Trinajstić information content (AvgIpc) is 3.28. The normalized spacial score (nSPS) is 28.9. The van der Waals surface area contributed by atoms with Crippen LogP contribution in [0.2, 0.25) is 0 Å². The lowest BCUT2D eigenvalue weighted by Crippen LogP contribution is -2.71. The summed E-state index contributed by atoms with van der Waals surface area (Å²) in [6.45, 7) is 7.63. The molecule has 0 bridgehead atoms. The zero-order valence-electron chi connectivity index (χ0n) is 24.0. The SMILES string of the molecule is CC(=O)O[C@H](C(=O)O[C@@H](C)C(=O)O)[C@H](C)C(=O)OC1=CC[C@@]2(O)[C@@H](C)N(C)CC[C@@]23c2c(C)ccc(CO)c2O[C@@H]13. The summed E-state index contributed by atoms with van der Waals surface area (Å²) in [7, 11) is 1.93. The summed E-state index contributed by atoms with van der Waals surface area (Å²) in [5, 5.41) is 31.5. The first-order valence-corrected chi connectivity index (χ1v) is 13.5. The van der Waals surface area contributed by atoms with Crippen LogP contribution in [0.5, 0.6) is 5.75 Å². The summed E-state index contributed by atoms with van der Waals surface area (Å²) < 4.78 is 22.2. The van der Waals surface area contributed by atoms with Crippen molar-refractivity contribution in [2.45, 2.75) is 89.4 Å². The van der Waals surface area contributed by atoms with Crippen LogP contribution >= 0.6 is 0 Å². The summed E-state index contributed by atoms with van der Waals surface area (Å²) >= 11 is 0. The van der Waals surface area contributed by atoms with E-state index in [1.54, 1.807) is 12.1 Å². The molecule has 0 radical (unpaired) electrons. The van der Waals surface area contributed by atoms with Gasteiger partial charge in [0.1, 0.15) is 17.4 Å². The Hall–Kier alpha value is -3.48. The lowest BCUT2D eigenvalue weighted by Gasteiger charge is -2.58. The van der Waals surface area contributed by atoms with E-state index in [0.717, 1.165) is 25.0 Å². The Bertz CT molecular complexity index is 1290. The van der Waals surface area contributed by atoms with Crippen molar-refractivity contribution in [1.82, 2.24) is 4.90 Å². The number of aliphatic hydroxyl groups is 2. The van der Waals surface area contributed by atoms with Gasteiger partial charge < -0.3 is 39.2 Å². The van der Waals surface area contributed by atoms with E-state index < -0.39 is 59.1 Å². The van der Waals surface area contributed by atoms with Crippen molar-refractivity contribution in [2.75, 3.05) is 13.6 Å². The molecule has 0 unspecified atom stereocenters. The Morgan fingerprint density at radius 1 is 1.17 bits per heavy atom. The number of aryl methyl sites for hydroxylation is 1. The quantitative estimate of drug-likeness (QED) is 0.301. The fourth-order valence-corrected chi connectivity index (χ4v) is 6.36. The lowest BCUT2D eigenvalue weighted by atomic mass is 9.54. The van der Waals surface area contributed by atoms with Gasteiger partial charge in [-0.2, -0.15) is 0 Å². The summed E-state index contributed by atoms with van der Waals surface area (Å²) in [5.74, 6) is -5.26. The highest BCUT2D eigenvalue weighted by atomic mass is 16.6. The molecule has 12 nitrogen and oxygen atoms in total. The zero-order valence-corrected chi connectivity index (χ0v) is 24.0. The van der Waals surface area contributed by atoms with E-state index in [-0.39, 0.29) is 24.8 Å². The number of carboxylic acids is 1. The standard InChI is InChI=1S/C29H37NO11/c1-14-7-8-19(13-31)23-21(14)28-11-12-30(6)17(4)29(28,37)10-9-20(24(28)41-23)40-26(35)15(2)22(39-18(5)32)27(36)38-16(3)25(33)34/h7-9,15-17,22,24,31,37H,10-13H2,1-6H3,(H,33,34)/t15-,16-,17+,22-,24-,28-,29+/m0/s1. The molecule has 4 rings (SSSR count). The minimum atomic E-state index is -1.76. The molecule has 7 atom stereocenters. The molecule has 0 amide bonds. The maximum absolute atomic E-state index is 13.4. The number of carbonyl (C=O) groups is 4. The number of carbonyl (C=O) groups excluding carboxylic acids is 3. The number of ether oxygens (including phenoxy) is 4. The minimum absolute atomic E-state index is 0.122. The number of aliphatic carboxylic acids is 1. The van der Waals surface area contributed by atoms with Crippen LogP contribution in [0, 0.1) is 12.8 Å². The van der Waals surface area contributed by atoms with Gasteiger partial charge in [-0.15, -0.1) is 0 Å². The van der Waals surface area contributed by atoms with Crippen LogP contribution in [0.1, 0.15) is 57.2 Å². The monoisotopic (exact) mass is 575 g/mol. The van der Waals surface area contributed by atoms with Crippen LogP contribution in [0.25, 0.3) is 0 Å². The van der Waals surface area contributed by atoms with Crippen molar-refractivity contribution >= 4 is 23.9 Å². The molecule has 41 heavy (non-hydrogen) atoms. The predicted octanol–water partition coefficient (Wildman–Crippen LogP) is 1.36. The Morgan fingerprint density at radius 2 is 1.85 bits per heavy atom. The molecule has 1 spiro atoms. The number of likely N-dealkylation sites (tertiary alicyclic amines) is 1. The van der Waals surface area contributed by atoms with Crippen LogP contribution in [0.15, 0.2) is 24.0 Å². The van der Waals surface area contributed by atoms with Gasteiger partial charge in [-0.25, -0.2) is 9.59 Å². The van der Waals surface area contributed by atoms with Crippen molar-refractivity contribution in [3.8, 4) is 5.75 Å². The van der Waals surface area contributed by atoms with Gasteiger partial charge in [-0.05, 0) is 59.3 Å². The van der Waals surface area contributed by atoms with E-state index in [1.807, 2.05) is 27.0 Å². The van der Waals surface area contributed by atoms with Crippen LogP contribution in [0.3, 0.4) is 0 Å². The number of fused-ring (bicyclic) bond motifs is 1. The maximum atomic E-state index is 13.4. The van der Waals surface area contributed by atoms with Gasteiger partial charge in [-0.1, -0.05) is 12.1 Å². The van der Waals surface area contributed by atoms with Gasteiger partial charge in [0.05, 0.1) is 17.6 Å². The molecular formula is C29H37NO11. The first-order valence-electron chi connectivity index (χ1n) is 13.5. The van der Waals surface area contributed by atoms with E-state index in [4.69, 9.17) is 24.1 Å². The van der Waals surface area contributed by atoms with Crippen LogP contribution in [-0.4, -0.2) is 87.6 Å². The molecule has 1 fully saturated rings. The van der Waals surface area contributed by atoms with Crippen LogP contribution in [-0.2, 0) is 45.4 Å². The Kier molecular flexibility index (Phi) is 8.23. The number of carboxylic acid groups (broad SMARTS) is 1. The third kappa shape index (κ3) is 4.87. The number of benzene rings is 1. The van der Waals surface area contributed by atoms with Gasteiger partial charge in [0.15, 0.2) is 12.2 Å². The third-order valence-electron chi connectivity index (χ3n) is 8.81. The number of aliphatic hydroxyl groups excluding tert-OH is 1. The van der Waals surface area contributed by atoms with Gasteiger partial charge in [0.25, 0.3) is 0 Å². The number of esters is 3. The highest BCUT2D eigenvalue weighted by Crippen LogP contribution is 2.61. The van der Waals surface area contributed by atoms with Crippen molar-refractivity contribution in [2.24, 2.45) is 5.92 Å². The topological polar surface area (TPSA) is 169 Å². The molecule has 2 heterocycles. The molecule has 2 aliphatic heterocycles. The maximum Gasteiger partial charge on any atom is 0.349 e. The number of hydrogen-bond acceptors (Lipinski definition) is 11. The summed E-state index contributed by atoms with van der Waals surface area (Å²) in [4.78, 5) is 51.1. The first-order chi connectivity index (χ1) is 19.2. The molecule has 1 aromatic carbocycles. The average molecular weight is 576 g/mol. The molecule has 224 valence electrons. The third-order valence-corrected chi connectivity index (χ3v) is 8.81. The molecular weight excluding hydrogens is 538 g/mol. The molecule has 3 aliphatic rings. The van der Waals surface area contributed by atoms with Gasteiger partial charge in [-0.3, -0.25) is 9.59 Å². The van der Waals surface area contributed by atoms with Crippen molar-refractivity contribution in [3.63, 3.8) is 0 Å². The van der Waals surface area contributed by atoms with Crippen molar-refractivity contribution in [3.05, 3.63) is 40.7 Å². The van der Waals surface area contributed by atoms with E-state index in [9.17, 15) is 29.4 Å². The number of likely N-dealkylation sites (N-methyl/N-ethyl adjacent to an activating group) is 1. The number of piperidine rings is 1. The largest absolute Gasteiger partial charge is 0.481 e. The Morgan fingerprint density at radius 3 is 2.46 bits per heavy atom. The molecule has 1 saturated heterocycles. The minimum Gasteiger partial charge on any atom is -0.481 e. The smallest absolute Gasteiger partial charge is 0.349 e. The summed E-state index contributed by atoms with van der Waals surface area (Å²) in [6, 6.07) is 3.33. The van der Waals surface area contributed by atoms with Crippen LogP contribution < -0.4 is 4.74 Å². The highest BCUT2D eigenvalue weighted by molar-refractivity contribution is 5.87. The second kappa shape index (κ2) is 11.1. The molecule has 1 aliphatic carbocycles. The predicted molar refractivity (Wildman–Crippen MR) is 142 cm³/mol. The second-order valence-electron chi connectivity index (χ2n) is 11.2. The number of hydrogen-bond donors (Lipinski definition) is 3. The van der Waals surface area contributed by atoms with Gasteiger partial charge in [0.2, 0.25) is 6.10 Å². The zero-order chi connectivity index (χ0) is 30.4. The lowest BCUT2D eigenvalue weighted by molar-refractivity contribution is -0.182. The van der Waals surface area contributed by atoms with Crippen LogP contribution in [0.4, 0.5) is 0 Å². The molecule has 0 aromatic heterocycles. The Labute approximate surface area is 237 Å². The van der Waals surface area contributed by atoms with E-state index in [0.29, 0.717) is 24.3 Å². The fourth-order valence-electron chi connectivity index (χ4n) is 6.36. The van der Waals surface area contributed by atoms with E-state index in [2.05, 4.69) is 4.90 Å². The molecule has 1 aromatic rings. The van der Waals surface area contributed by atoms with Crippen molar-refractivity contribution < 1.29 is 53.4 Å². The first kappa shape index (κ1) is 30.5. The summed E-state index contributed by atoms with van der Waals surface area (Å²) in [5.41, 5.74) is -0.167. The summed E-state index contributed by atoms with van der Waals surface area (Å²) in [6.07, 6.45) is -2.04.